The van der Waals surface area contributed by atoms with Gasteiger partial charge in [-0.3, -0.25) is 0 Å². The fourth-order valence-corrected chi connectivity index (χ4v) is 3.59. The van der Waals surface area contributed by atoms with Gasteiger partial charge in [-0.1, -0.05) is 0 Å². The number of aryl methyl sites for hydroxylation is 1. The van der Waals surface area contributed by atoms with Crippen LogP contribution in [0.5, 0.6) is 0 Å². The number of hydrogen-bond donors (Lipinski definition) is 1. The molecule has 0 bridgehead atoms. The number of thiazole rings is 1. The number of ether oxygens (including phenoxy) is 1. The first-order valence-corrected chi connectivity index (χ1v) is 7.74. The lowest BCUT2D eigenvalue weighted by atomic mass is 10.3. The van der Waals surface area contributed by atoms with E-state index in [4.69, 9.17) is 16.3 Å². The van der Waals surface area contributed by atoms with Crippen molar-refractivity contribution in [3.8, 4) is 0 Å². The molecule has 1 heterocycles. The van der Waals surface area contributed by atoms with Crippen LogP contribution >= 0.6 is 22.9 Å². The molecule has 0 amide bonds. The van der Waals surface area contributed by atoms with Crippen molar-refractivity contribution in [2.45, 2.75) is 22.9 Å². The van der Waals surface area contributed by atoms with Crippen molar-refractivity contribution in [3.63, 3.8) is 0 Å². The van der Waals surface area contributed by atoms with Gasteiger partial charge in [-0.25, -0.2) is 18.1 Å². The predicted octanol–water partition coefficient (Wildman–Crippen LogP) is 1.37. The first-order chi connectivity index (χ1) is 7.95. The first kappa shape index (κ1) is 14.8. The van der Waals surface area contributed by atoms with Crippen LogP contribution in [-0.4, -0.2) is 39.0 Å². The Morgan fingerprint density at radius 2 is 2.35 bits per heavy atom. The van der Waals surface area contributed by atoms with E-state index in [1.54, 1.807) is 14.0 Å². The van der Waals surface area contributed by atoms with Crippen LogP contribution in [0.3, 0.4) is 0 Å². The Bertz CT molecular complexity index is 447. The zero-order valence-corrected chi connectivity index (χ0v) is 12.0. The summed E-state index contributed by atoms with van der Waals surface area (Å²) in [5.74, 6) is 0. The lowest BCUT2D eigenvalue weighted by molar-refractivity contribution is 0.196. The SMILES string of the molecule is COCC(Cl)CCNS(=O)(=O)c1cnc(C)s1. The quantitative estimate of drug-likeness (QED) is 0.772. The van der Waals surface area contributed by atoms with Gasteiger partial charge in [0.15, 0.2) is 4.21 Å². The number of halogens is 1. The largest absolute Gasteiger partial charge is 0.383 e. The number of aromatic nitrogens is 1. The van der Waals surface area contributed by atoms with Gasteiger partial charge < -0.3 is 4.74 Å². The lowest BCUT2D eigenvalue weighted by Gasteiger charge is -2.08. The normalized spacial score (nSPS) is 13.8. The van der Waals surface area contributed by atoms with E-state index in [1.807, 2.05) is 0 Å². The van der Waals surface area contributed by atoms with Gasteiger partial charge in [0.1, 0.15) is 0 Å². The Hall–Kier alpha value is -0.210. The molecule has 1 rings (SSSR count). The van der Waals surface area contributed by atoms with Crippen molar-refractivity contribution in [2.75, 3.05) is 20.3 Å². The van der Waals surface area contributed by atoms with E-state index in [0.717, 1.165) is 16.3 Å². The van der Waals surface area contributed by atoms with Crippen molar-refractivity contribution in [2.24, 2.45) is 0 Å². The molecule has 17 heavy (non-hydrogen) atoms. The summed E-state index contributed by atoms with van der Waals surface area (Å²) >= 11 is 7.03. The van der Waals surface area contributed by atoms with Gasteiger partial charge in [0.2, 0.25) is 0 Å². The third kappa shape index (κ3) is 4.89. The monoisotopic (exact) mass is 298 g/mol. The number of sulfonamides is 1. The Morgan fingerprint density at radius 1 is 1.65 bits per heavy atom. The standard InChI is InChI=1S/C9H15ClN2O3S2/c1-7-11-5-9(16-7)17(13,14)12-4-3-8(10)6-15-2/h5,8,12H,3-4,6H2,1-2H3. The summed E-state index contributed by atoms with van der Waals surface area (Å²) < 4.78 is 31.1. The highest BCUT2D eigenvalue weighted by Crippen LogP contribution is 2.17. The van der Waals surface area contributed by atoms with E-state index < -0.39 is 10.0 Å². The Balaban J connectivity index is 2.46. The molecule has 0 fully saturated rings. The van der Waals surface area contributed by atoms with Gasteiger partial charge in [-0.05, 0) is 13.3 Å². The fraction of sp³-hybridized carbons (Fsp3) is 0.667. The number of nitrogens with zero attached hydrogens (tertiary/aromatic N) is 1. The molecule has 0 aliphatic carbocycles. The van der Waals surface area contributed by atoms with Crippen LogP contribution in [-0.2, 0) is 14.8 Å². The molecular weight excluding hydrogens is 284 g/mol. The molecule has 0 aliphatic rings. The molecule has 1 unspecified atom stereocenters. The number of alkyl halides is 1. The van der Waals surface area contributed by atoms with Gasteiger partial charge in [0, 0.05) is 13.7 Å². The van der Waals surface area contributed by atoms with Crippen LogP contribution in [0.4, 0.5) is 0 Å². The third-order valence-electron chi connectivity index (χ3n) is 1.96. The highest BCUT2D eigenvalue weighted by atomic mass is 35.5. The zero-order chi connectivity index (χ0) is 12.9. The molecule has 1 atom stereocenters. The predicted molar refractivity (Wildman–Crippen MR) is 68.2 cm³/mol. The van der Waals surface area contributed by atoms with Gasteiger partial charge in [0.05, 0.1) is 23.2 Å². The smallest absolute Gasteiger partial charge is 0.251 e. The summed E-state index contributed by atoms with van der Waals surface area (Å²) in [6, 6.07) is 0. The van der Waals surface area contributed by atoms with E-state index >= 15 is 0 Å². The molecule has 0 saturated heterocycles. The van der Waals surface area contributed by atoms with Crippen molar-refractivity contribution >= 4 is 33.0 Å². The summed E-state index contributed by atoms with van der Waals surface area (Å²) in [5, 5.41) is 0.533. The molecule has 0 aromatic carbocycles. The second-order valence-corrected chi connectivity index (χ2v) is 7.28. The van der Waals surface area contributed by atoms with Crippen LogP contribution in [0.25, 0.3) is 0 Å². The second kappa shape index (κ2) is 6.65. The number of hydrogen-bond acceptors (Lipinski definition) is 5. The zero-order valence-electron chi connectivity index (χ0n) is 9.64. The Labute approximate surface area is 110 Å². The highest BCUT2D eigenvalue weighted by Gasteiger charge is 2.16. The number of nitrogens with one attached hydrogen (secondary N) is 1. The van der Waals surface area contributed by atoms with Crippen molar-refractivity contribution in [1.82, 2.24) is 9.71 Å². The van der Waals surface area contributed by atoms with Crippen LogP contribution in [0, 0.1) is 6.92 Å². The second-order valence-electron chi connectivity index (χ2n) is 3.44. The highest BCUT2D eigenvalue weighted by molar-refractivity contribution is 7.91. The molecule has 5 nitrogen and oxygen atoms in total. The number of methoxy groups -OCH3 is 1. The summed E-state index contributed by atoms with van der Waals surface area (Å²) in [6.07, 6.45) is 1.88. The number of rotatable bonds is 7. The lowest BCUT2D eigenvalue weighted by Crippen LogP contribution is -2.26. The molecule has 0 spiro atoms. The molecule has 0 aliphatic heterocycles. The van der Waals surface area contributed by atoms with E-state index in [1.165, 1.54) is 6.20 Å². The summed E-state index contributed by atoms with van der Waals surface area (Å²) in [6.45, 7) is 2.46. The maximum atomic E-state index is 11.8. The molecule has 1 aromatic rings. The van der Waals surface area contributed by atoms with Gasteiger partial charge in [-0.2, -0.15) is 0 Å². The average molecular weight is 299 g/mol. The molecular formula is C9H15ClN2O3S2. The minimum Gasteiger partial charge on any atom is -0.383 e. The van der Waals surface area contributed by atoms with Crippen molar-refractivity contribution in [3.05, 3.63) is 11.2 Å². The Morgan fingerprint density at radius 3 is 2.88 bits per heavy atom. The van der Waals surface area contributed by atoms with E-state index in [2.05, 4.69) is 9.71 Å². The Kier molecular flexibility index (Phi) is 5.81. The van der Waals surface area contributed by atoms with Crippen LogP contribution in [0.15, 0.2) is 10.4 Å². The maximum absolute atomic E-state index is 11.8. The van der Waals surface area contributed by atoms with Crippen molar-refractivity contribution < 1.29 is 13.2 Å². The maximum Gasteiger partial charge on any atom is 0.251 e. The first-order valence-electron chi connectivity index (χ1n) is 5.01. The van der Waals surface area contributed by atoms with E-state index in [0.29, 0.717) is 13.0 Å². The molecule has 1 aromatic heterocycles. The third-order valence-corrected chi connectivity index (χ3v) is 5.14. The minimum absolute atomic E-state index is 0.189. The summed E-state index contributed by atoms with van der Waals surface area (Å²) in [4.78, 5) is 3.91. The van der Waals surface area contributed by atoms with Crippen molar-refractivity contribution in [1.29, 1.82) is 0 Å². The van der Waals surface area contributed by atoms with E-state index in [9.17, 15) is 8.42 Å². The van der Waals surface area contributed by atoms with Gasteiger partial charge >= 0.3 is 0 Å². The van der Waals surface area contributed by atoms with E-state index in [-0.39, 0.29) is 16.1 Å². The van der Waals surface area contributed by atoms with Crippen LogP contribution < -0.4 is 4.72 Å². The van der Waals surface area contributed by atoms with Gasteiger partial charge in [0.25, 0.3) is 10.0 Å². The molecule has 1 N–H and O–H groups in total. The van der Waals surface area contributed by atoms with Crippen LogP contribution in [0.1, 0.15) is 11.4 Å². The fourth-order valence-electron chi connectivity index (χ4n) is 1.15. The summed E-state index contributed by atoms with van der Waals surface area (Å²) in [7, 11) is -1.89. The molecule has 0 saturated carbocycles. The van der Waals surface area contributed by atoms with Crippen LogP contribution in [0.2, 0.25) is 0 Å². The average Bonchev–Trinajstić information content (AvgIpc) is 2.65. The molecule has 0 radical (unpaired) electrons. The minimum atomic E-state index is -3.44. The summed E-state index contributed by atoms with van der Waals surface area (Å²) in [5.41, 5.74) is 0. The molecule has 8 heteroatoms. The molecule has 98 valence electrons. The topological polar surface area (TPSA) is 68.3 Å². The van der Waals surface area contributed by atoms with Gasteiger partial charge in [-0.15, -0.1) is 22.9 Å².